The van der Waals surface area contributed by atoms with Crippen LogP contribution in [0.15, 0.2) is 90.1 Å². The lowest BCUT2D eigenvalue weighted by molar-refractivity contribution is -0.116. The van der Waals surface area contributed by atoms with Crippen LogP contribution in [0.4, 0.5) is 17.1 Å². The Hall–Kier alpha value is -4.66. The Morgan fingerprint density at radius 1 is 0.848 bits per heavy atom. The largest absolute Gasteiger partial charge is 0.459 e. The highest BCUT2D eigenvalue weighted by Gasteiger charge is 2.11. The van der Waals surface area contributed by atoms with Crippen molar-refractivity contribution < 1.29 is 18.8 Å². The molecular formula is C24H21N5O4. The number of nitrogens with zero attached hydrogens (tertiary/aromatic N) is 2. The molecule has 4 rings (SSSR count). The van der Waals surface area contributed by atoms with Crippen molar-refractivity contribution in [3.8, 4) is 0 Å². The van der Waals surface area contributed by atoms with Crippen molar-refractivity contribution >= 4 is 34.8 Å². The number of benzene rings is 2. The number of carbonyl (C=O) groups is 3. The number of furan rings is 1. The zero-order valence-electron chi connectivity index (χ0n) is 17.5. The number of aryl methyl sites for hydroxylation is 1. The maximum atomic E-state index is 12.6. The molecule has 9 nitrogen and oxygen atoms in total. The Morgan fingerprint density at radius 3 is 2.27 bits per heavy atom. The predicted molar refractivity (Wildman–Crippen MR) is 123 cm³/mol. The van der Waals surface area contributed by atoms with E-state index in [9.17, 15) is 14.4 Å². The van der Waals surface area contributed by atoms with Gasteiger partial charge in [0.05, 0.1) is 12.6 Å². The van der Waals surface area contributed by atoms with Gasteiger partial charge in [-0.05, 0) is 54.6 Å². The standard InChI is InChI=1S/C24H21N5O4/c30-22(10-12-29-13-11-25-16-29)26-20-4-1-3-17(15-20)23(31)27-18-6-8-19(9-7-18)28-24(32)21-5-2-14-33-21/h1-9,11,13-16H,10,12H2,(H,26,30)(H,27,31)(H,28,32). The van der Waals surface area contributed by atoms with Crippen molar-refractivity contribution in [3.63, 3.8) is 0 Å². The van der Waals surface area contributed by atoms with Crippen LogP contribution in [0.5, 0.6) is 0 Å². The van der Waals surface area contributed by atoms with Gasteiger partial charge in [0.2, 0.25) is 5.91 Å². The molecule has 3 N–H and O–H groups in total. The molecule has 0 saturated heterocycles. The van der Waals surface area contributed by atoms with Crippen LogP contribution in [0.1, 0.15) is 27.3 Å². The number of aromatic nitrogens is 2. The van der Waals surface area contributed by atoms with E-state index in [0.717, 1.165) is 0 Å². The monoisotopic (exact) mass is 443 g/mol. The Kier molecular flexibility index (Phi) is 6.60. The summed E-state index contributed by atoms with van der Waals surface area (Å²) in [6.45, 7) is 0.518. The molecule has 2 aromatic heterocycles. The first-order valence-corrected chi connectivity index (χ1v) is 10.2. The lowest BCUT2D eigenvalue weighted by Crippen LogP contribution is -2.16. The Morgan fingerprint density at radius 2 is 1.61 bits per heavy atom. The van der Waals surface area contributed by atoms with E-state index in [4.69, 9.17) is 4.42 Å². The van der Waals surface area contributed by atoms with Crippen LogP contribution in [-0.4, -0.2) is 27.3 Å². The van der Waals surface area contributed by atoms with Crippen molar-refractivity contribution in [3.05, 3.63) is 97.0 Å². The molecule has 33 heavy (non-hydrogen) atoms. The summed E-state index contributed by atoms with van der Waals surface area (Å²) in [7, 11) is 0. The Bertz CT molecular complexity index is 1230. The normalized spacial score (nSPS) is 10.4. The third-order valence-electron chi connectivity index (χ3n) is 4.71. The lowest BCUT2D eigenvalue weighted by atomic mass is 10.1. The first kappa shape index (κ1) is 21.6. The van der Waals surface area contributed by atoms with Crippen LogP contribution < -0.4 is 16.0 Å². The molecule has 2 aromatic carbocycles. The van der Waals surface area contributed by atoms with Crippen molar-refractivity contribution in [2.45, 2.75) is 13.0 Å². The second-order valence-corrected chi connectivity index (χ2v) is 7.14. The average Bonchev–Trinajstić information content (AvgIpc) is 3.54. The summed E-state index contributed by atoms with van der Waals surface area (Å²) in [4.78, 5) is 40.8. The predicted octanol–water partition coefficient (Wildman–Crippen LogP) is 4.01. The molecule has 0 fully saturated rings. The minimum Gasteiger partial charge on any atom is -0.459 e. The molecule has 0 radical (unpaired) electrons. The molecule has 0 aliphatic carbocycles. The van der Waals surface area contributed by atoms with Crippen molar-refractivity contribution in [1.29, 1.82) is 0 Å². The van der Waals surface area contributed by atoms with Gasteiger partial charge in [-0.1, -0.05) is 6.07 Å². The summed E-state index contributed by atoms with van der Waals surface area (Å²) in [5.74, 6) is -0.632. The lowest BCUT2D eigenvalue weighted by Gasteiger charge is -2.09. The quantitative estimate of drug-likeness (QED) is 0.380. The van der Waals surface area contributed by atoms with E-state index in [0.29, 0.717) is 29.2 Å². The molecular weight excluding hydrogens is 422 g/mol. The average molecular weight is 443 g/mol. The summed E-state index contributed by atoms with van der Waals surface area (Å²) in [6, 6.07) is 16.6. The van der Waals surface area contributed by atoms with Gasteiger partial charge in [-0.15, -0.1) is 0 Å². The van der Waals surface area contributed by atoms with Crippen LogP contribution in [0.3, 0.4) is 0 Å². The fourth-order valence-corrected chi connectivity index (χ4v) is 3.05. The van der Waals surface area contributed by atoms with Crippen LogP contribution in [-0.2, 0) is 11.3 Å². The van der Waals surface area contributed by atoms with E-state index in [1.165, 1.54) is 6.26 Å². The minimum absolute atomic E-state index is 0.159. The van der Waals surface area contributed by atoms with Gasteiger partial charge in [-0.2, -0.15) is 0 Å². The van der Waals surface area contributed by atoms with Gasteiger partial charge in [-0.3, -0.25) is 14.4 Å². The van der Waals surface area contributed by atoms with E-state index in [1.807, 2.05) is 4.57 Å². The van der Waals surface area contributed by atoms with Gasteiger partial charge in [0.25, 0.3) is 11.8 Å². The molecule has 0 unspecified atom stereocenters. The Balaban J connectivity index is 1.31. The van der Waals surface area contributed by atoms with Crippen LogP contribution in [0, 0.1) is 0 Å². The second kappa shape index (κ2) is 10.1. The van der Waals surface area contributed by atoms with Gasteiger partial charge < -0.3 is 24.9 Å². The molecule has 166 valence electrons. The molecule has 3 amide bonds. The third kappa shape index (κ3) is 5.95. The number of hydrogen-bond acceptors (Lipinski definition) is 5. The molecule has 0 bridgehead atoms. The molecule has 0 aliphatic heterocycles. The van der Waals surface area contributed by atoms with E-state index in [-0.39, 0.29) is 29.9 Å². The molecule has 4 aromatic rings. The number of nitrogens with one attached hydrogen (secondary N) is 3. The maximum absolute atomic E-state index is 12.6. The zero-order chi connectivity index (χ0) is 23.0. The van der Waals surface area contributed by atoms with E-state index in [1.54, 1.807) is 79.4 Å². The highest BCUT2D eigenvalue weighted by Crippen LogP contribution is 2.17. The van der Waals surface area contributed by atoms with E-state index in [2.05, 4.69) is 20.9 Å². The summed E-state index contributed by atoms with van der Waals surface area (Å²) in [5.41, 5.74) is 2.06. The van der Waals surface area contributed by atoms with E-state index < -0.39 is 0 Å². The van der Waals surface area contributed by atoms with Gasteiger partial charge in [0.1, 0.15) is 0 Å². The summed E-state index contributed by atoms with van der Waals surface area (Å²) in [5, 5.41) is 8.31. The highest BCUT2D eigenvalue weighted by molar-refractivity contribution is 6.06. The van der Waals surface area contributed by atoms with Crippen molar-refractivity contribution in [2.75, 3.05) is 16.0 Å². The fraction of sp³-hybridized carbons (Fsp3) is 0.0833. The number of amides is 3. The molecule has 2 heterocycles. The topological polar surface area (TPSA) is 118 Å². The number of carbonyl (C=O) groups excluding carboxylic acids is 3. The van der Waals surface area contributed by atoms with Crippen molar-refractivity contribution in [2.24, 2.45) is 0 Å². The molecule has 0 spiro atoms. The smallest absolute Gasteiger partial charge is 0.291 e. The summed E-state index contributed by atoms with van der Waals surface area (Å²) >= 11 is 0. The molecule has 9 heteroatoms. The van der Waals surface area contributed by atoms with Gasteiger partial charge in [-0.25, -0.2) is 4.98 Å². The molecule has 0 atom stereocenters. The second-order valence-electron chi connectivity index (χ2n) is 7.14. The van der Waals surface area contributed by atoms with Crippen LogP contribution >= 0.6 is 0 Å². The number of anilines is 3. The van der Waals surface area contributed by atoms with Gasteiger partial charge in [0, 0.05) is 48.0 Å². The summed E-state index contributed by atoms with van der Waals surface area (Å²) in [6.07, 6.45) is 6.81. The summed E-state index contributed by atoms with van der Waals surface area (Å²) < 4.78 is 6.87. The first-order chi connectivity index (χ1) is 16.1. The van der Waals surface area contributed by atoms with Gasteiger partial charge >= 0.3 is 0 Å². The third-order valence-corrected chi connectivity index (χ3v) is 4.71. The van der Waals surface area contributed by atoms with Crippen LogP contribution in [0.25, 0.3) is 0 Å². The fourth-order valence-electron chi connectivity index (χ4n) is 3.05. The Labute approximate surface area is 189 Å². The molecule has 0 saturated carbocycles. The maximum Gasteiger partial charge on any atom is 0.291 e. The van der Waals surface area contributed by atoms with Crippen molar-refractivity contribution in [1.82, 2.24) is 9.55 Å². The molecule has 0 aliphatic rings. The number of hydrogen-bond donors (Lipinski definition) is 3. The van der Waals surface area contributed by atoms with Crippen LogP contribution in [0.2, 0.25) is 0 Å². The van der Waals surface area contributed by atoms with E-state index >= 15 is 0 Å². The minimum atomic E-state index is -0.360. The first-order valence-electron chi connectivity index (χ1n) is 10.2. The van der Waals surface area contributed by atoms with Gasteiger partial charge in [0.15, 0.2) is 5.76 Å². The number of rotatable bonds is 8. The zero-order valence-corrected chi connectivity index (χ0v) is 17.5. The highest BCUT2D eigenvalue weighted by atomic mass is 16.3. The number of imidazole rings is 1. The SMILES string of the molecule is O=C(CCn1ccnc1)Nc1cccc(C(=O)Nc2ccc(NC(=O)c3ccco3)cc2)c1.